The first-order chi connectivity index (χ1) is 9.08. The van der Waals surface area contributed by atoms with Crippen LogP contribution in [0.3, 0.4) is 0 Å². The second kappa shape index (κ2) is 5.34. The Morgan fingerprint density at radius 1 is 1.21 bits per heavy atom. The molecule has 0 bridgehead atoms. The second-order valence-electron chi connectivity index (χ2n) is 4.20. The number of hydrogen-bond acceptors (Lipinski definition) is 5. The van der Waals surface area contributed by atoms with E-state index in [0.29, 0.717) is 11.2 Å². The van der Waals surface area contributed by atoms with Crippen LogP contribution in [-0.4, -0.2) is 40.4 Å². The lowest BCUT2D eigenvalue weighted by Gasteiger charge is -2.16. The fourth-order valence-corrected chi connectivity index (χ4v) is 1.50. The van der Waals surface area contributed by atoms with E-state index in [-0.39, 0.29) is 5.71 Å². The Labute approximate surface area is 110 Å². The van der Waals surface area contributed by atoms with Gasteiger partial charge in [-0.2, -0.15) is 4.73 Å². The van der Waals surface area contributed by atoms with Gasteiger partial charge in [0.1, 0.15) is 5.71 Å². The van der Waals surface area contributed by atoms with E-state index in [0.717, 1.165) is 10.4 Å². The van der Waals surface area contributed by atoms with Crippen molar-refractivity contribution in [3.05, 3.63) is 53.8 Å². The average Bonchev–Trinajstić information content (AvgIpc) is 2.39. The van der Waals surface area contributed by atoms with Crippen molar-refractivity contribution in [3.63, 3.8) is 0 Å². The zero-order valence-corrected chi connectivity index (χ0v) is 10.8. The monoisotopic (exact) mass is 257 g/mol. The molecular weight excluding hydrogens is 242 g/mol. The molecule has 0 saturated heterocycles. The van der Waals surface area contributed by atoms with Gasteiger partial charge in [0.05, 0.1) is 5.71 Å². The van der Waals surface area contributed by atoms with Gasteiger partial charge in [-0.05, 0) is 30.4 Å². The van der Waals surface area contributed by atoms with Crippen molar-refractivity contribution in [2.45, 2.75) is 0 Å². The van der Waals surface area contributed by atoms with E-state index in [4.69, 9.17) is 5.41 Å². The summed E-state index contributed by atoms with van der Waals surface area (Å²) >= 11 is 0. The van der Waals surface area contributed by atoms with Crippen LogP contribution in [-0.2, 0) is 0 Å². The number of likely N-dealkylation sites (N-methyl/N-ethyl adjacent to an activating group) is 1. The van der Waals surface area contributed by atoms with E-state index < -0.39 is 0 Å². The van der Waals surface area contributed by atoms with Gasteiger partial charge >= 0.3 is 0 Å². The highest BCUT2D eigenvalue weighted by Crippen LogP contribution is 2.08. The largest absolute Gasteiger partial charge is 0.427 e. The third-order valence-electron chi connectivity index (χ3n) is 2.58. The van der Waals surface area contributed by atoms with Crippen molar-refractivity contribution in [1.82, 2.24) is 9.63 Å². The van der Waals surface area contributed by atoms with Crippen molar-refractivity contribution in [2.75, 3.05) is 14.1 Å². The summed E-state index contributed by atoms with van der Waals surface area (Å²) in [6, 6.07) is 5.06. The highest BCUT2D eigenvalue weighted by atomic mass is 16.5. The Bertz CT molecular complexity index is 649. The van der Waals surface area contributed by atoms with E-state index in [1.54, 1.807) is 30.4 Å². The van der Waals surface area contributed by atoms with Crippen molar-refractivity contribution in [3.8, 4) is 0 Å². The molecule has 0 spiro atoms. The number of rotatable bonds is 2. The van der Waals surface area contributed by atoms with Crippen molar-refractivity contribution in [1.29, 1.82) is 5.41 Å². The third-order valence-corrected chi connectivity index (χ3v) is 2.58. The van der Waals surface area contributed by atoms with Crippen LogP contribution < -0.4 is 5.49 Å². The molecule has 1 heterocycles. The van der Waals surface area contributed by atoms with Crippen LogP contribution in [0.25, 0.3) is 0 Å². The van der Waals surface area contributed by atoms with Crippen LogP contribution >= 0.6 is 0 Å². The summed E-state index contributed by atoms with van der Waals surface area (Å²) in [5, 5.41) is 25.3. The number of hydrogen-bond donors (Lipinski definition) is 2. The van der Waals surface area contributed by atoms with Gasteiger partial charge in [-0.25, -0.2) is 0 Å². The molecule has 19 heavy (non-hydrogen) atoms. The van der Waals surface area contributed by atoms with E-state index in [1.165, 1.54) is 6.20 Å². The lowest BCUT2D eigenvalue weighted by molar-refractivity contribution is 0.171. The summed E-state index contributed by atoms with van der Waals surface area (Å²) in [5.41, 5.74) is 1.98. The number of allylic oxidation sites excluding steroid dienone is 3. The summed E-state index contributed by atoms with van der Waals surface area (Å²) in [7, 11) is 3.82. The number of nitrogens with zero attached hydrogens (tertiary/aromatic N) is 4. The second-order valence-corrected chi connectivity index (χ2v) is 4.20. The first-order valence-corrected chi connectivity index (χ1v) is 5.72. The number of pyridine rings is 1. The van der Waals surface area contributed by atoms with E-state index in [9.17, 15) is 5.21 Å². The fraction of sp³-hybridized carbons (Fsp3) is 0.154. The topological polar surface area (TPSA) is 77.0 Å². The minimum atomic E-state index is 0.287. The van der Waals surface area contributed by atoms with Crippen LogP contribution in [0.1, 0.15) is 0 Å². The average molecular weight is 257 g/mol. The molecular formula is C13H15N5O. The van der Waals surface area contributed by atoms with Crippen LogP contribution in [0, 0.1) is 5.41 Å². The van der Waals surface area contributed by atoms with Gasteiger partial charge in [-0.3, -0.25) is 5.41 Å². The molecule has 0 unspecified atom stereocenters. The maximum atomic E-state index is 9.48. The predicted molar refractivity (Wildman–Crippen MR) is 73.3 cm³/mol. The van der Waals surface area contributed by atoms with E-state index in [1.807, 2.05) is 25.1 Å². The molecule has 0 radical (unpaired) electrons. The smallest absolute Gasteiger partial charge is 0.189 e. The lowest BCUT2D eigenvalue weighted by Crippen LogP contribution is -2.20. The fourth-order valence-electron chi connectivity index (χ4n) is 1.50. The molecule has 2 N–H and O–H groups in total. The van der Waals surface area contributed by atoms with Crippen LogP contribution in [0.4, 0.5) is 0 Å². The zero-order chi connectivity index (χ0) is 13.8. The minimum absolute atomic E-state index is 0.287. The summed E-state index contributed by atoms with van der Waals surface area (Å²) in [6.07, 6.45) is 6.77. The molecule has 1 aliphatic carbocycles. The van der Waals surface area contributed by atoms with Crippen LogP contribution in [0.15, 0.2) is 58.5 Å². The molecule has 1 aromatic rings. The quantitative estimate of drug-likeness (QED) is 0.471. The van der Waals surface area contributed by atoms with Crippen LogP contribution in [0.5, 0.6) is 0 Å². The predicted octanol–water partition coefficient (Wildman–Crippen LogP) is 1.02. The van der Waals surface area contributed by atoms with Gasteiger partial charge in [0.25, 0.3) is 0 Å². The molecule has 1 aromatic heterocycles. The SMILES string of the molecule is CN(C)C1=CC(=N)C(=NN=c2ccccn2O)C=C1. The van der Waals surface area contributed by atoms with Gasteiger partial charge < -0.3 is 10.1 Å². The van der Waals surface area contributed by atoms with Crippen molar-refractivity contribution < 1.29 is 5.21 Å². The highest BCUT2D eigenvalue weighted by molar-refractivity contribution is 6.50. The van der Waals surface area contributed by atoms with Crippen LogP contribution in [0.2, 0.25) is 0 Å². The summed E-state index contributed by atoms with van der Waals surface area (Å²) in [4.78, 5) is 1.91. The number of aromatic nitrogens is 1. The molecule has 0 fully saturated rings. The standard InChI is InChI=1S/C13H15N5O/c1-17(2)10-6-7-12(11(14)9-10)15-16-13-5-3-4-8-18(13)19/h3-9,14,19H,1-2H3. The van der Waals surface area contributed by atoms with Gasteiger partial charge in [0.2, 0.25) is 0 Å². The Kier molecular flexibility index (Phi) is 3.61. The maximum Gasteiger partial charge on any atom is 0.189 e. The van der Waals surface area contributed by atoms with Gasteiger partial charge in [-0.1, -0.05) is 6.07 Å². The molecule has 0 saturated carbocycles. The highest BCUT2D eigenvalue weighted by Gasteiger charge is 2.09. The van der Waals surface area contributed by atoms with Gasteiger partial charge in [-0.15, -0.1) is 10.2 Å². The van der Waals surface area contributed by atoms with Crippen molar-refractivity contribution in [2.24, 2.45) is 10.2 Å². The number of nitrogens with one attached hydrogen (secondary N) is 1. The molecule has 6 nitrogen and oxygen atoms in total. The Hall–Kier alpha value is -2.63. The molecule has 0 aliphatic heterocycles. The Morgan fingerprint density at radius 3 is 2.63 bits per heavy atom. The van der Waals surface area contributed by atoms with Crippen molar-refractivity contribution >= 4 is 11.4 Å². The van der Waals surface area contributed by atoms with E-state index in [2.05, 4.69) is 10.2 Å². The van der Waals surface area contributed by atoms with Gasteiger partial charge in [0.15, 0.2) is 5.49 Å². The maximum absolute atomic E-state index is 9.48. The molecule has 0 aromatic carbocycles. The summed E-state index contributed by atoms with van der Waals surface area (Å²) in [5.74, 6) is 0. The van der Waals surface area contributed by atoms with E-state index >= 15 is 0 Å². The zero-order valence-electron chi connectivity index (χ0n) is 10.8. The third kappa shape index (κ3) is 2.98. The lowest BCUT2D eigenvalue weighted by atomic mass is 10.1. The molecule has 2 rings (SSSR count). The van der Waals surface area contributed by atoms with Gasteiger partial charge in [0, 0.05) is 26.0 Å². The normalized spacial score (nSPS) is 17.8. The summed E-state index contributed by atoms with van der Waals surface area (Å²) in [6.45, 7) is 0. The minimum Gasteiger partial charge on any atom is -0.427 e. The Morgan fingerprint density at radius 2 is 2.00 bits per heavy atom. The molecule has 1 aliphatic rings. The molecule has 0 amide bonds. The Balaban J connectivity index is 2.29. The first-order valence-electron chi connectivity index (χ1n) is 5.72. The first kappa shape index (κ1) is 12.8. The molecule has 98 valence electrons. The molecule has 0 atom stereocenters. The summed E-state index contributed by atoms with van der Waals surface area (Å²) < 4.78 is 0.876. The molecule has 6 heteroatoms.